The van der Waals surface area contributed by atoms with Crippen LogP contribution in [0.1, 0.15) is 29.7 Å². The van der Waals surface area contributed by atoms with Crippen LogP contribution in [-0.2, 0) is 6.61 Å². The summed E-state index contributed by atoms with van der Waals surface area (Å²) < 4.78 is 0. The fraction of sp³-hybridized carbons (Fsp3) is 0.312. The van der Waals surface area contributed by atoms with Gasteiger partial charge in [0.05, 0.1) is 12.6 Å². The summed E-state index contributed by atoms with van der Waals surface area (Å²) in [6.07, 6.45) is 1.72. The Morgan fingerprint density at radius 3 is 2.50 bits per heavy atom. The lowest BCUT2D eigenvalue weighted by Crippen LogP contribution is -2.23. The summed E-state index contributed by atoms with van der Waals surface area (Å²) in [4.78, 5) is 6.58. The van der Waals surface area contributed by atoms with Crippen molar-refractivity contribution in [1.82, 2.24) is 4.98 Å². The first kappa shape index (κ1) is 14.8. The number of rotatable bonds is 4. The van der Waals surface area contributed by atoms with Crippen LogP contribution in [0.2, 0.25) is 5.02 Å². The molecule has 0 fully saturated rings. The van der Waals surface area contributed by atoms with Crippen molar-refractivity contribution in [2.75, 3.05) is 11.9 Å². The highest BCUT2D eigenvalue weighted by atomic mass is 35.5. The molecule has 4 heteroatoms. The predicted octanol–water partition coefficient (Wildman–Crippen LogP) is 3.73. The zero-order chi connectivity index (χ0) is 14.7. The van der Waals surface area contributed by atoms with Gasteiger partial charge in [-0.1, -0.05) is 23.7 Å². The van der Waals surface area contributed by atoms with E-state index in [-0.39, 0.29) is 12.6 Å². The van der Waals surface area contributed by atoms with Crippen molar-refractivity contribution >= 4 is 17.4 Å². The Balaban J connectivity index is 2.26. The lowest BCUT2D eigenvalue weighted by atomic mass is 10.1. The Labute approximate surface area is 124 Å². The van der Waals surface area contributed by atoms with Gasteiger partial charge in [-0.25, -0.2) is 4.98 Å². The van der Waals surface area contributed by atoms with Gasteiger partial charge in [0.25, 0.3) is 0 Å². The largest absolute Gasteiger partial charge is 0.392 e. The van der Waals surface area contributed by atoms with E-state index in [0.29, 0.717) is 0 Å². The van der Waals surface area contributed by atoms with Gasteiger partial charge < -0.3 is 10.0 Å². The Kier molecular flexibility index (Phi) is 4.63. The summed E-state index contributed by atoms with van der Waals surface area (Å²) in [6, 6.07) is 10.0. The second-order valence-corrected chi connectivity index (χ2v) is 5.42. The van der Waals surface area contributed by atoms with Crippen LogP contribution in [0.15, 0.2) is 36.5 Å². The third-order valence-corrected chi connectivity index (χ3v) is 3.81. The zero-order valence-electron chi connectivity index (χ0n) is 12.0. The number of anilines is 1. The lowest BCUT2D eigenvalue weighted by Gasteiger charge is -2.28. The number of aliphatic hydroxyl groups excluding tert-OH is 1. The SMILES string of the molecule is Cc1cc(CO)cnc1N(C)C(C)c1ccc(Cl)cc1. The van der Waals surface area contributed by atoms with E-state index in [9.17, 15) is 0 Å². The molecule has 0 aliphatic rings. The second-order valence-electron chi connectivity index (χ2n) is 4.98. The number of hydrogen-bond donors (Lipinski definition) is 1. The van der Waals surface area contributed by atoms with Gasteiger partial charge >= 0.3 is 0 Å². The third-order valence-electron chi connectivity index (χ3n) is 3.56. The monoisotopic (exact) mass is 290 g/mol. The summed E-state index contributed by atoms with van der Waals surface area (Å²) in [6.45, 7) is 4.15. The molecule has 0 amide bonds. The minimum Gasteiger partial charge on any atom is -0.392 e. The van der Waals surface area contributed by atoms with Crippen molar-refractivity contribution < 1.29 is 5.11 Å². The molecule has 1 aromatic carbocycles. The van der Waals surface area contributed by atoms with Crippen molar-refractivity contribution in [3.05, 3.63) is 58.2 Å². The van der Waals surface area contributed by atoms with E-state index in [1.54, 1.807) is 6.20 Å². The molecule has 20 heavy (non-hydrogen) atoms. The highest BCUT2D eigenvalue weighted by Gasteiger charge is 2.15. The molecule has 0 bridgehead atoms. The highest BCUT2D eigenvalue weighted by molar-refractivity contribution is 6.30. The molecule has 0 saturated carbocycles. The first-order valence-electron chi connectivity index (χ1n) is 6.57. The van der Waals surface area contributed by atoms with Crippen molar-refractivity contribution in [3.8, 4) is 0 Å². The summed E-state index contributed by atoms with van der Waals surface area (Å²) in [5.74, 6) is 0.921. The number of hydrogen-bond acceptors (Lipinski definition) is 3. The minimum atomic E-state index is 0.0184. The fourth-order valence-corrected chi connectivity index (χ4v) is 2.36. The normalized spacial score (nSPS) is 12.2. The Bertz CT molecular complexity index is 584. The zero-order valence-corrected chi connectivity index (χ0v) is 12.7. The summed E-state index contributed by atoms with van der Waals surface area (Å²) in [5.41, 5.74) is 3.07. The molecule has 1 aromatic heterocycles. The van der Waals surface area contributed by atoms with Gasteiger partial charge in [-0.3, -0.25) is 0 Å². The number of aryl methyl sites for hydroxylation is 1. The van der Waals surface area contributed by atoms with E-state index < -0.39 is 0 Å². The molecule has 1 atom stereocenters. The summed E-state index contributed by atoms with van der Waals surface area (Å²) in [5, 5.41) is 9.88. The number of pyridine rings is 1. The molecule has 1 unspecified atom stereocenters. The van der Waals surface area contributed by atoms with Crippen LogP contribution < -0.4 is 4.90 Å². The Morgan fingerprint density at radius 2 is 1.95 bits per heavy atom. The highest BCUT2D eigenvalue weighted by Crippen LogP contribution is 2.27. The Hall–Kier alpha value is -1.58. The first-order valence-corrected chi connectivity index (χ1v) is 6.95. The predicted molar refractivity (Wildman–Crippen MR) is 83.2 cm³/mol. The molecule has 0 radical (unpaired) electrons. The average Bonchev–Trinajstić information content (AvgIpc) is 2.46. The van der Waals surface area contributed by atoms with Crippen LogP contribution in [0.4, 0.5) is 5.82 Å². The number of aliphatic hydroxyl groups is 1. The lowest BCUT2D eigenvalue weighted by molar-refractivity contribution is 0.281. The molecule has 1 heterocycles. The standard InChI is InChI=1S/C16H19ClN2O/c1-11-8-13(10-20)9-18-16(11)19(3)12(2)14-4-6-15(17)7-5-14/h4-9,12,20H,10H2,1-3H3. The van der Waals surface area contributed by atoms with Crippen LogP contribution in [0, 0.1) is 6.92 Å². The van der Waals surface area contributed by atoms with E-state index in [4.69, 9.17) is 16.7 Å². The summed E-state index contributed by atoms with van der Waals surface area (Å²) >= 11 is 5.92. The maximum absolute atomic E-state index is 9.14. The maximum Gasteiger partial charge on any atom is 0.131 e. The molecule has 0 spiro atoms. The number of halogens is 1. The van der Waals surface area contributed by atoms with Crippen molar-refractivity contribution in [2.45, 2.75) is 26.5 Å². The van der Waals surface area contributed by atoms with E-state index in [1.165, 1.54) is 5.56 Å². The van der Waals surface area contributed by atoms with Crippen molar-refractivity contribution in [3.63, 3.8) is 0 Å². The Morgan fingerprint density at radius 1 is 1.30 bits per heavy atom. The average molecular weight is 291 g/mol. The van der Waals surface area contributed by atoms with Gasteiger partial charge in [-0.2, -0.15) is 0 Å². The van der Waals surface area contributed by atoms with Crippen LogP contribution in [0.3, 0.4) is 0 Å². The molecule has 3 nitrogen and oxygen atoms in total. The second kappa shape index (κ2) is 6.25. The van der Waals surface area contributed by atoms with Crippen LogP contribution >= 0.6 is 11.6 Å². The van der Waals surface area contributed by atoms with Gasteiger partial charge in [0, 0.05) is 18.3 Å². The molecule has 0 aliphatic carbocycles. The van der Waals surface area contributed by atoms with E-state index in [1.807, 2.05) is 44.3 Å². The molecular formula is C16H19ClN2O. The molecule has 1 N–H and O–H groups in total. The minimum absolute atomic E-state index is 0.0184. The van der Waals surface area contributed by atoms with Crippen molar-refractivity contribution in [2.24, 2.45) is 0 Å². The van der Waals surface area contributed by atoms with Gasteiger partial charge in [0.1, 0.15) is 5.82 Å². The van der Waals surface area contributed by atoms with Crippen molar-refractivity contribution in [1.29, 1.82) is 0 Å². The molecule has 2 aromatic rings. The third kappa shape index (κ3) is 3.11. The summed E-state index contributed by atoms with van der Waals surface area (Å²) in [7, 11) is 2.02. The quantitative estimate of drug-likeness (QED) is 0.932. The van der Waals surface area contributed by atoms with E-state index >= 15 is 0 Å². The molecule has 0 aliphatic heterocycles. The number of aromatic nitrogens is 1. The van der Waals surface area contributed by atoms with E-state index in [0.717, 1.165) is 22.0 Å². The number of nitrogens with zero attached hydrogens (tertiary/aromatic N) is 2. The number of benzene rings is 1. The first-order chi connectivity index (χ1) is 9.52. The van der Waals surface area contributed by atoms with Gasteiger partial charge in [-0.05, 0) is 48.7 Å². The molecular weight excluding hydrogens is 272 g/mol. The smallest absolute Gasteiger partial charge is 0.131 e. The topological polar surface area (TPSA) is 36.4 Å². The molecule has 0 saturated heterocycles. The van der Waals surface area contributed by atoms with Crippen LogP contribution in [-0.4, -0.2) is 17.1 Å². The van der Waals surface area contributed by atoms with Crippen LogP contribution in [0.25, 0.3) is 0 Å². The van der Waals surface area contributed by atoms with E-state index in [2.05, 4.69) is 16.8 Å². The molecule has 106 valence electrons. The van der Waals surface area contributed by atoms with Gasteiger partial charge in [0.2, 0.25) is 0 Å². The van der Waals surface area contributed by atoms with Crippen LogP contribution in [0.5, 0.6) is 0 Å². The van der Waals surface area contributed by atoms with Gasteiger partial charge in [-0.15, -0.1) is 0 Å². The fourth-order valence-electron chi connectivity index (χ4n) is 2.23. The van der Waals surface area contributed by atoms with Gasteiger partial charge in [0.15, 0.2) is 0 Å². The molecule has 2 rings (SSSR count). The maximum atomic E-state index is 9.14.